The highest BCUT2D eigenvalue weighted by molar-refractivity contribution is 6.07. The van der Waals surface area contributed by atoms with Gasteiger partial charge in [-0.3, -0.25) is 9.59 Å². The van der Waals surface area contributed by atoms with Gasteiger partial charge in [-0.2, -0.15) is 0 Å². The Labute approximate surface area is 147 Å². The van der Waals surface area contributed by atoms with Crippen LogP contribution < -0.4 is 14.8 Å². The second kappa shape index (κ2) is 8.19. The normalized spacial score (nSPS) is 10.1. The molecule has 0 aromatic heterocycles. The summed E-state index contributed by atoms with van der Waals surface area (Å²) >= 11 is 0. The Morgan fingerprint density at radius 3 is 2.48 bits per heavy atom. The predicted molar refractivity (Wildman–Crippen MR) is 96.3 cm³/mol. The maximum Gasteiger partial charge on any atom is 0.259 e. The van der Waals surface area contributed by atoms with E-state index < -0.39 is 0 Å². The Bertz CT molecular complexity index is 772. The first-order valence-corrected chi connectivity index (χ1v) is 7.80. The summed E-state index contributed by atoms with van der Waals surface area (Å²) in [5, 5.41) is 2.83. The van der Waals surface area contributed by atoms with Crippen LogP contribution in [0.15, 0.2) is 42.5 Å². The summed E-state index contributed by atoms with van der Waals surface area (Å²) in [6, 6.07) is 12.3. The van der Waals surface area contributed by atoms with Crippen molar-refractivity contribution in [2.24, 2.45) is 0 Å². The number of hydrogen-bond acceptors (Lipinski definition) is 4. The van der Waals surface area contributed by atoms with E-state index in [0.29, 0.717) is 22.7 Å². The minimum Gasteiger partial charge on any atom is -0.495 e. The van der Waals surface area contributed by atoms with Gasteiger partial charge >= 0.3 is 0 Å². The first-order chi connectivity index (χ1) is 11.9. The number of hydrogen-bond donors (Lipinski definition) is 1. The fourth-order valence-electron chi connectivity index (χ4n) is 2.16. The lowest BCUT2D eigenvalue weighted by atomic mass is 10.1. The standard InChI is InChI=1S/C19H22N2O4/c1-13-9-10-17(24-4)15(11-13)20-19(23)14-7-5-6-8-16(14)25-12-18(22)21(2)3/h5-11H,12H2,1-4H3,(H,20,23). The van der Waals surface area contributed by atoms with Gasteiger partial charge in [-0.25, -0.2) is 0 Å². The molecule has 0 spiro atoms. The smallest absolute Gasteiger partial charge is 0.259 e. The van der Waals surface area contributed by atoms with E-state index >= 15 is 0 Å². The molecule has 0 heterocycles. The fourth-order valence-corrected chi connectivity index (χ4v) is 2.16. The molecule has 2 aromatic carbocycles. The van der Waals surface area contributed by atoms with Crippen molar-refractivity contribution in [3.05, 3.63) is 53.6 Å². The molecule has 0 saturated carbocycles. The maximum atomic E-state index is 12.7. The minimum atomic E-state index is -0.336. The van der Waals surface area contributed by atoms with Gasteiger partial charge in [-0.15, -0.1) is 0 Å². The highest BCUT2D eigenvalue weighted by Crippen LogP contribution is 2.27. The van der Waals surface area contributed by atoms with Crippen molar-refractivity contribution in [3.8, 4) is 11.5 Å². The minimum absolute atomic E-state index is 0.134. The molecule has 2 amide bonds. The lowest BCUT2D eigenvalue weighted by Crippen LogP contribution is -2.28. The van der Waals surface area contributed by atoms with Gasteiger partial charge in [0.05, 0.1) is 18.4 Å². The van der Waals surface area contributed by atoms with Crippen molar-refractivity contribution in [3.63, 3.8) is 0 Å². The average Bonchev–Trinajstić information content (AvgIpc) is 2.60. The van der Waals surface area contributed by atoms with Gasteiger partial charge in [0, 0.05) is 14.1 Å². The molecule has 2 rings (SSSR count). The van der Waals surface area contributed by atoms with E-state index in [1.54, 1.807) is 51.5 Å². The highest BCUT2D eigenvalue weighted by Gasteiger charge is 2.16. The van der Waals surface area contributed by atoms with Gasteiger partial charge < -0.3 is 19.7 Å². The van der Waals surface area contributed by atoms with Crippen molar-refractivity contribution in [2.75, 3.05) is 33.1 Å². The topological polar surface area (TPSA) is 67.9 Å². The van der Waals surface area contributed by atoms with Crippen molar-refractivity contribution < 1.29 is 19.1 Å². The number of nitrogens with one attached hydrogen (secondary N) is 1. The molecule has 0 aliphatic rings. The summed E-state index contributed by atoms with van der Waals surface area (Å²) < 4.78 is 10.8. The van der Waals surface area contributed by atoms with Crippen molar-refractivity contribution in [1.29, 1.82) is 0 Å². The highest BCUT2D eigenvalue weighted by atomic mass is 16.5. The number of nitrogens with zero attached hydrogens (tertiary/aromatic N) is 1. The Hall–Kier alpha value is -3.02. The number of aryl methyl sites for hydroxylation is 1. The van der Waals surface area contributed by atoms with Crippen LogP contribution in [0.4, 0.5) is 5.69 Å². The average molecular weight is 342 g/mol. The zero-order valence-electron chi connectivity index (χ0n) is 14.8. The molecule has 0 aliphatic heterocycles. The van der Waals surface area contributed by atoms with Crippen molar-refractivity contribution in [1.82, 2.24) is 4.90 Å². The molecular formula is C19H22N2O4. The maximum absolute atomic E-state index is 12.7. The lowest BCUT2D eigenvalue weighted by molar-refractivity contribution is -0.130. The molecule has 0 radical (unpaired) electrons. The monoisotopic (exact) mass is 342 g/mol. The molecule has 1 N–H and O–H groups in total. The number of amides is 2. The molecule has 132 valence electrons. The van der Waals surface area contributed by atoms with E-state index in [1.807, 2.05) is 19.1 Å². The SMILES string of the molecule is COc1ccc(C)cc1NC(=O)c1ccccc1OCC(=O)N(C)C. The second-order valence-electron chi connectivity index (χ2n) is 5.73. The number of rotatable bonds is 6. The number of para-hydroxylation sites is 1. The quantitative estimate of drug-likeness (QED) is 0.876. The summed E-state index contributed by atoms with van der Waals surface area (Å²) in [6.07, 6.45) is 0. The van der Waals surface area contributed by atoms with Crippen LogP contribution in [0, 0.1) is 6.92 Å². The summed E-state index contributed by atoms with van der Waals surface area (Å²) in [4.78, 5) is 25.8. The first-order valence-electron chi connectivity index (χ1n) is 7.80. The van der Waals surface area contributed by atoms with Gasteiger partial charge in [0.25, 0.3) is 11.8 Å². The number of methoxy groups -OCH3 is 1. The van der Waals surface area contributed by atoms with Crippen LogP contribution in [-0.4, -0.2) is 44.5 Å². The zero-order valence-corrected chi connectivity index (χ0v) is 14.8. The molecule has 0 atom stereocenters. The first kappa shape index (κ1) is 18.3. The van der Waals surface area contributed by atoms with E-state index in [2.05, 4.69) is 5.32 Å². The number of benzene rings is 2. The fraction of sp³-hybridized carbons (Fsp3) is 0.263. The van der Waals surface area contributed by atoms with E-state index in [9.17, 15) is 9.59 Å². The largest absolute Gasteiger partial charge is 0.495 e. The predicted octanol–water partition coefficient (Wildman–Crippen LogP) is 2.72. The van der Waals surface area contributed by atoms with Gasteiger partial charge in [0.15, 0.2) is 6.61 Å². The van der Waals surface area contributed by atoms with Crippen LogP contribution in [0.3, 0.4) is 0 Å². The third-order valence-electron chi connectivity index (χ3n) is 3.58. The molecular weight excluding hydrogens is 320 g/mol. The Morgan fingerprint density at radius 1 is 1.08 bits per heavy atom. The number of likely N-dealkylation sites (N-methyl/N-ethyl adjacent to an activating group) is 1. The summed E-state index contributed by atoms with van der Waals surface area (Å²) in [5.74, 6) is 0.398. The summed E-state index contributed by atoms with van der Waals surface area (Å²) in [5.41, 5.74) is 1.92. The second-order valence-corrected chi connectivity index (χ2v) is 5.73. The third-order valence-corrected chi connectivity index (χ3v) is 3.58. The van der Waals surface area contributed by atoms with E-state index in [1.165, 1.54) is 4.90 Å². The molecule has 0 fully saturated rings. The van der Waals surface area contributed by atoms with Crippen LogP contribution in [0.1, 0.15) is 15.9 Å². The van der Waals surface area contributed by atoms with E-state index in [4.69, 9.17) is 9.47 Å². The molecule has 0 bridgehead atoms. The van der Waals surface area contributed by atoms with Gasteiger partial charge in [0.2, 0.25) is 0 Å². The van der Waals surface area contributed by atoms with Crippen LogP contribution in [0.2, 0.25) is 0 Å². The van der Waals surface area contributed by atoms with Crippen LogP contribution in [0.25, 0.3) is 0 Å². The van der Waals surface area contributed by atoms with E-state index in [0.717, 1.165) is 5.56 Å². The number of carbonyl (C=O) groups excluding carboxylic acids is 2. The number of ether oxygens (including phenoxy) is 2. The number of carbonyl (C=O) groups is 2. The molecule has 0 saturated heterocycles. The van der Waals surface area contributed by atoms with Gasteiger partial charge in [-0.05, 0) is 36.8 Å². The Morgan fingerprint density at radius 2 is 1.80 bits per heavy atom. The lowest BCUT2D eigenvalue weighted by Gasteiger charge is -2.15. The number of anilines is 1. The molecule has 0 aliphatic carbocycles. The third kappa shape index (κ3) is 4.73. The van der Waals surface area contributed by atoms with Crippen LogP contribution >= 0.6 is 0 Å². The molecule has 0 unspecified atom stereocenters. The zero-order chi connectivity index (χ0) is 18.4. The van der Waals surface area contributed by atoms with E-state index in [-0.39, 0.29) is 18.4 Å². The molecule has 6 heteroatoms. The van der Waals surface area contributed by atoms with Crippen molar-refractivity contribution in [2.45, 2.75) is 6.92 Å². The Balaban J connectivity index is 2.20. The van der Waals surface area contributed by atoms with Crippen LogP contribution in [-0.2, 0) is 4.79 Å². The van der Waals surface area contributed by atoms with Crippen molar-refractivity contribution >= 4 is 17.5 Å². The molecule has 2 aromatic rings. The van der Waals surface area contributed by atoms with Gasteiger partial charge in [0.1, 0.15) is 11.5 Å². The molecule has 6 nitrogen and oxygen atoms in total. The van der Waals surface area contributed by atoms with Gasteiger partial charge in [-0.1, -0.05) is 18.2 Å². The molecule has 25 heavy (non-hydrogen) atoms. The van der Waals surface area contributed by atoms with Crippen LogP contribution in [0.5, 0.6) is 11.5 Å². The summed E-state index contributed by atoms with van der Waals surface area (Å²) in [7, 11) is 4.84. The summed E-state index contributed by atoms with van der Waals surface area (Å²) in [6.45, 7) is 1.80. The Kier molecular flexibility index (Phi) is 6.00.